The van der Waals surface area contributed by atoms with Crippen LogP contribution >= 0.6 is 0 Å². The van der Waals surface area contributed by atoms with Crippen LogP contribution in [-0.4, -0.2) is 29.6 Å². The summed E-state index contributed by atoms with van der Waals surface area (Å²) >= 11 is 0. The number of hydrogen-bond acceptors (Lipinski definition) is 4. The van der Waals surface area contributed by atoms with Gasteiger partial charge in [-0.15, -0.1) is 0 Å². The second kappa shape index (κ2) is 5.14. The Labute approximate surface area is 100 Å². The average molecular weight is 235 g/mol. The fourth-order valence-corrected chi connectivity index (χ4v) is 1.96. The van der Waals surface area contributed by atoms with Crippen molar-refractivity contribution in [3.05, 3.63) is 24.0 Å². The van der Waals surface area contributed by atoms with E-state index < -0.39 is 0 Å². The van der Waals surface area contributed by atoms with Gasteiger partial charge in [-0.1, -0.05) is 0 Å². The van der Waals surface area contributed by atoms with Gasteiger partial charge < -0.3 is 15.8 Å². The molecule has 1 aliphatic rings. The molecular formula is C12H17N3O2. The largest absolute Gasteiger partial charge is 0.399 e. The summed E-state index contributed by atoms with van der Waals surface area (Å²) in [5, 5.41) is 2.96. The lowest BCUT2D eigenvalue weighted by Gasteiger charge is -2.27. The number of hydrogen-bond donors (Lipinski definition) is 2. The quantitative estimate of drug-likeness (QED) is 0.800. The van der Waals surface area contributed by atoms with Gasteiger partial charge in [0.05, 0.1) is 6.10 Å². The van der Waals surface area contributed by atoms with Gasteiger partial charge in [-0.05, 0) is 31.9 Å². The molecule has 17 heavy (non-hydrogen) atoms. The summed E-state index contributed by atoms with van der Waals surface area (Å²) in [6, 6.07) is 3.40. The lowest BCUT2D eigenvalue weighted by atomic mass is 10.0. The van der Waals surface area contributed by atoms with Crippen molar-refractivity contribution in [1.82, 2.24) is 10.3 Å². The van der Waals surface area contributed by atoms with Crippen LogP contribution in [0, 0.1) is 0 Å². The number of ether oxygens (including phenoxy) is 1. The first-order chi connectivity index (χ1) is 8.15. The van der Waals surface area contributed by atoms with Crippen LogP contribution in [0.5, 0.6) is 0 Å². The molecule has 1 amide bonds. The minimum Gasteiger partial charge on any atom is -0.399 e. The van der Waals surface area contributed by atoms with Crippen molar-refractivity contribution in [3.8, 4) is 0 Å². The fourth-order valence-electron chi connectivity index (χ4n) is 1.96. The highest BCUT2D eigenvalue weighted by Gasteiger charge is 2.21. The van der Waals surface area contributed by atoms with Crippen LogP contribution in [0.2, 0.25) is 0 Å². The van der Waals surface area contributed by atoms with E-state index in [9.17, 15) is 4.79 Å². The summed E-state index contributed by atoms with van der Waals surface area (Å²) in [5.41, 5.74) is 6.52. The van der Waals surface area contributed by atoms with Crippen molar-refractivity contribution < 1.29 is 9.53 Å². The molecule has 0 radical (unpaired) electrons. The second-order valence-corrected chi connectivity index (χ2v) is 4.35. The number of carbonyl (C=O) groups is 1. The highest BCUT2D eigenvalue weighted by molar-refractivity contribution is 5.93. The average Bonchev–Trinajstić information content (AvgIpc) is 2.29. The minimum atomic E-state index is -0.170. The predicted octanol–water partition coefficient (Wildman–Crippen LogP) is 0.961. The number of amides is 1. The number of pyridine rings is 1. The highest BCUT2D eigenvalue weighted by atomic mass is 16.5. The highest BCUT2D eigenvalue weighted by Crippen LogP contribution is 2.13. The van der Waals surface area contributed by atoms with E-state index >= 15 is 0 Å². The van der Waals surface area contributed by atoms with Gasteiger partial charge in [0, 0.05) is 24.5 Å². The molecule has 1 saturated heterocycles. The molecule has 2 unspecified atom stereocenters. The van der Waals surface area contributed by atoms with E-state index in [1.165, 1.54) is 6.20 Å². The molecule has 2 rings (SSSR count). The zero-order valence-corrected chi connectivity index (χ0v) is 9.85. The van der Waals surface area contributed by atoms with Gasteiger partial charge in [-0.25, -0.2) is 0 Å². The van der Waals surface area contributed by atoms with Gasteiger partial charge in [-0.2, -0.15) is 0 Å². The Morgan fingerprint density at radius 1 is 1.65 bits per heavy atom. The van der Waals surface area contributed by atoms with Gasteiger partial charge in [0.2, 0.25) is 0 Å². The number of nitrogens with zero attached hydrogens (tertiary/aromatic N) is 1. The SMILES string of the molecule is CC1CC(NC(=O)c2cc(N)ccn2)CCO1. The maximum absolute atomic E-state index is 11.9. The van der Waals surface area contributed by atoms with E-state index in [1.807, 2.05) is 6.92 Å². The molecule has 2 atom stereocenters. The maximum Gasteiger partial charge on any atom is 0.270 e. The molecule has 92 valence electrons. The third-order valence-electron chi connectivity index (χ3n) is 2.84. The van der Waals surface area contributed by atoms with Crippen LogP contribution in [0.25, 0.3) is 0 Å². The maximum atomic E-state index is 11.9. The van der Waals surface area contributed by atoms with Gasteiger partial charge in [0.1, 0.15) is 5.69 Å². The summed E-state index contributed by atoms with van der Waals surface area (Å²) in [6.45, 7) is 2.70. The van der Waals surface area contributed by atoms with Gasteiger partial charge in [0.15, 0.2) is 0 Å². The molecule has 1 aromatic rings. The monoisotopic (exact) mass is 235 g/mol. The van der Waals surface area contributed by atoms with E-state index in [4.69, 9.17) is 10.5 Å². The fraction of sp³-hybridized carbons (Fsp3) is 0.500. The first kappa shape index (κ1) is 11.9. The number of aromatic nitrogens is 1. The van der Waals surface area contributed by atoms with Crippen LogP contribution in [0.1, 0.15) is 30.3 Å². The Hall–Kier alpha value is -1.62. The molecule has 1 fully saturated rings. The number of anilines is 1. The molecule has 0 aromatic carbocycles. The van der Waals surface area contributed by atoms with Crippen molar-refractivity contribution >= 4 is 11.6 Å². The van der Waals surface area contributed by atoms with Crippen LogP contribution in [0.4, 0.5) is 5.69 Å². The van der Waals surface area contributed by atoms with Crippen LogP contribution < -0.4 is 11.1 Å². The van der Waals surface area contributed by atoms with Crippen molar-refractivity contribution in [2.45, 2.75) is 31.9 Å². The molecule has 0 saturated carbocycles. The normalized spacial score (nSPS) is 24.3. The molecule has 0 bridgehead atoms. The van der Waals surface area contributed by atoms with E-state index in [0.29, 0.717) is 18.0 Å². The lowest BCUT2D eigenvalue weighted by molar-refractivity contribution is 0.0136. The molecule has 1 aromatic heterocycles. The summed E-state index contributed by atoms with van der Waals surface area (Å²) in [4.78, 5) is 15.9. The summed E-state index contributed by atoms with van der Waals surface area (Å²) in [5.74, 6) is -0.170. The summed E-state index contributed by atoms with van der Waals surface area (Å²) < 4.78 is 5.43. The van der Waals surface area contributed by atoms with Crippen molar-refractivity contribution in [1.29, 1.82) is 0 Å². The van der Waals surface area contributed by atoms with Crippen LogP contribution in [-0.2, 0) is 4.74 Å². The predicted molar refractivity (Wildman–Crippen MR) is 64.6 cm³/mol. The van der Waals surface area contributed by atoms with E-state index in [2.05, 4.69) is 10.3 Å². The Bertz CT molecular complexity index is 408. The minimum absolute atomic E-state index is 0.162. The van der Waals surface area contributed by atoms with E-state index in [1.54, 1.807) is 12.1 Å². The van der Waals surface area contributed by atoms with Crippen LogP contribution in [0.3, 0.4) is 0 Å². The Balaban J connectivity index is 1.97. The zero-order valence-electron chi connectivity index (χ0n) is 9.85. The number of nitrogens with one attached hydrogen (secondary N) is 1. The first-order valence-electron chi connectivity index (χ1n) is 5.79. The number of rotatable bonds is 2. The topological polar surface area (TPSA) is 77.2 Å². The Kier molecular flexibility index (Phi) is 3.58. The molecule has 0 spiro atoms. The van der Waals surface area contributed by atoms with Gasteiger partial charge in [-0.3, -0.25) is 9.78 Å². The van der Waals surface area contributed by atoms with Crippen molar-refractivity contribution in [2.24, 2.45) is 0 Å². The van der Waals surface area contributed by atoms with E-state index in [0.717, 1.165) is 12.8 Å². The van der Waals surface area contributed by atoms with Crippen LogP contribution in [0.15, 0.2) is 18.3 Å². The standard InChI is InChI=1S/C12H17N3O2/c1-8-6-10(3-5-17-8)15-12(16)11-7-9(13)2-4-14-11/h2,4,7-8,10H,3,5-6H2,1H3,(H2,13,14)(H,15,16). The van der Waals surface area contributed by atoms with Crippen molar-refractivity contribution in [2.75, 3.05) is 12.3 Å². The third-order valence-corrected chi connectivity index (χ3v) is 2.84. The lowest BCUT2D eigenvalue weighted by Crippen LogP contribution is -2.41. The third kappa shape index (κ3) is 3.17. The van der Waals surface area contributed by atoms with Crippen molar-refractivity contribution in [3.63, 3.8) is 0 Å². The number of carbonyl (C=O) groups excluding carboxylic acids is 1. The molecule has 5 heteroatoms. The molecule has 1 aliphatic heterocycles. The first-order valence-corrected chi connectivity index (χ1v) is 5.79. The number of nitrogen functional groups attached to an aromatic ring is 1. The Morgan fingerprint density at radius 2 is 2.47 bits per heavy atom. The molecular weight excluding hydrogens is 218 g/mol. The molecule has 0 aliphatic carbocycles. The van der Waals surface area contributed by atoms with E-state index in [-0.39, 0.29) is 18.1 Å². The molecule has 3 N–H and O–H groups in total. The molecule has 2 heterocycles. The van der Waals surface area contributed by atoms with Gasteiger partial charge >= 0.3 is 0 Å². The van der Waals surface area contributed by atoms with Gasteiger partial charge in [0.25, 0.3) is 5.91 Å². The smallest absolute Gasteiger partial charge is 0.270 e. The Morgan fingerprint density at radius 3 is 3.18 bits per heavy atom. The zero-order chi connectivity index (χ0) is 12.3. The number of nitrogens with two attached hydrogens (primary N) is 1. The molecule has 5 nitrogen and oxygen atoms in total. The summed E-state index contributed by atoms with van der Waals surface area (Å²) in [6.07, 6.45) is 3.42. The summed E-state index contributed by atoms with van der Waals surface area (Å²) in [7, 11) is 0. The second-order valence-electron chi connectivity index (χ2n) is 4.35.